The number of methoxy groups -OCH3 is 1. The number of hydrogen-bond acceptors (Lipinski definition) is 4. The lowest BCUT2D eigenvalue weighted by atomic mass is 9.72. The second-order valence-corrected chi connectivity index (χ2v) is 10.4. The van der Waals surface area contributed by atoms with E-state index in [4.69, 9.17) is 27.9 Å². The number of fused-ring (bicyclic) bond motifs is 1. The molecule has 0 aliphatic heterocycles. The molecule has 3 rings (SSSR count). The average molecular weight is 463 g/mol. The standard InChI is InChI=1S/C23H24Cl2N2O2S/c1-23(2,3)14-6-7-16-17(12-26)22(30-19(16)10-14)27-20(28)8-5-13-9-15(24)11-18(25)21(13)29-4/h5,8-9,11,14H,6-7,10H2,1-4H3,(H,27,28)/b8-5+/t14-/m1/s1. The number of carbonyl (C=O) groups is 1. The number of anilines is 1. The van der Waals surface area contributed by atoms with E-state index in [1.54, 1.807) is 18.2 Å². The van der Waals surface area contributed by atoms with E-state index in [1.165, 1.54) is 29.4 Å². The second-order valence-electron chi connectivity index (χ2n) is 8.46. The molecule has 1 N–H and O–H groups in total. The molecule has 0 unspecified atom stereocenters. The highest BCUT2D eigenvalue weighted by Gasteiger charge is 2.32. The van der Waals surface area contributed by atoms with E-state index in [2.05, 4.69) is 32.2 Å². The van der Waals surface area contributed by atoms with Crippen LogP contribution in [0.2, 0.25) is 10.0 Å². The molecule has 0 bridgehead atoms. The number of rotatable bonds is 4. The first-order chi connectivity index (χ1) is 14.1. The van der Waals surface area contributed by atoms with Crippen molar-refractivity contribution in [2.24, 2.45) is 11.3 Å². The Labute approximate surface area is 191 Å². The molecule has 1 amide bonds. The summed E-state index contributed by atoms with van der Waals surface area (Å²) in [5, 5.41) is 14.0. The molecule has 1 aliphatic rings. The molecule has 1 aliphatic carbocycles. The summed E-state index contributed by atoms with van der Waals surface area (Å²) in [6.45, 7) is 6.77. The zero-order valence-electron chi connectivity index (χ0n) is 17.4. The van der Waals surface area contributed by atoms with Crippen molar-refractivity contribution in [1.82, 2.24) is 0 Å². The van der Waals surface area contributed by atoms with Crippen LogP contribution in [-0.2, 0) is 17.6 Å². The van der Waals surface area contributed by atoms with Gasteiger partial charge in [0.2, 0.25) is 5.91 Å². The molecule has 2 aromatic rings. The van der Waals surface area contributed by atoms with Crippen molar-refractivity contribution in [2.75, 3.05) is 12.4 Å². The predicted octanol–water partition coefficient (Wildman–Crippen LogP) is 6.74. The van der Waals surface area contributed by atoms with Gasteiger partial charge in [-0.05, 0) is 54.4 Å². The molecule has 0 radical (unpaired) electrons. The first-order valence-corrected chi connectivity index (χ1v) is 11.3. The van der Waals surface area contributed by atoms with E-state index < -0.39 is 0 Å². The fourth-order valence-corrected chi connectivity index (χ4v) is 5.64. The summed E-state index contributed by atoms with van der Waals surface area (Å²) in [5.74, 6) is 0.692. The maximum absolute atomic E-state index is 12.6. The Morgan fingerprint density at radius 2 is 2.10 bits per heavy atom. The van der Waals surface area contributed by atoms with Crippen LogP contribution in [-0.4, -0.2) is 13.0 Å². The van der Waals surface area contributed by atoms with Gasteiger partial charge in [0.1, 0.15) is 16.8 Å². The lowest BCUT2D eigenvalue weighted by Gasteiger charge is -2.33. The van der Waals surface area contributed by atoms with Crippen molar-refractivity contribution in [3.05, 3.63) is 49.8 Å². The molecule has 1 atom stereocenters. The highest BCUT2D eigenvalue weighted by molar-refractivity contribution is 7.16. The molecule has 0 saturated carbocycles. The zero-order chi connectivity index (χ0) is 22.1. The SMILES string of the molecule is COc1c(Cl)cc(Cl)cc1/C=C/C(=O)Nc1sc2c(c1C#N)CC[C@@H](C(C)(C)C)C2. The van der Waals surface area contributed by atoms with Gasteiger partial charge in [0.25, 0.3) is 0 Å². The zero-order valence-corrected chi connectivity index (χ0v) is 19.8. The van der Waals surface area contributed by atoms with Crippen LogP contribution >= 0.6 is 34.5 Å². The summed E-state index contributed by atoms with van der Waals surface area (Å²) in [6.07, 6.45) is 5.87. The van der Waals surface area contributed by atoms with E-state index in [-0.39, 0.29) is 11.3 Å². The van der Waals surface area contributed by atoms with Gasteiger partial charge in [0, 0.05) is 21.5 Å². The van der Waals surface area contributed by atoms with Crippen LogP contribution in [0.15, 0.2) is 18.2 Å². The molecule has 7 heteroatoms. The van der Waals surface area contributed by atoms with E-state index in [9.17, 15) is 10.1 Å². The third-order valence-electron chi connectivity index (χ3n) is 5.49. The van der Waals surface area contributed by atoms with Gasteiger partial charge in [-0.25, -0.2) is 0 Å². The maximum Gasteiger partial charge on any atom is 0.249 e. The van der Waals surface area contributed by atoms with Crippen LogP contribution in [0.3, 0.4) is 0 Å². The van der Waals surface area contributed by atoms with E-state index in [1.807, 2.05) is 0 Å². The number of nitrogens with zero attached hydrogens (tertiary/aromatic N) is 1. The van der Waals surface area contributed by atoms with Crippen LogP contribution in [0.4, 0.5) is 5.00 Å². The van der Waals surface area contributed by atoms with Crippen LogP contribution < -0.4 is 10.1 Å². The summed E-state index contributed by atoms with van der Waals surface area (Å²) in [4.78, 5) is 13.8. The Hall–Kier alpha value is -2.00. The Morgan fingerprint density at radius 3 is 2.73 bits per heavy atom. The Bertz CT molecular complexity index is 1040. The van der Waals surface area contributed by atoms with Crippen molar-refractivity contribution in [3.63, 3.8) is 0 Å². The van der Waals surface area contributed by atoms with Gasteiger partial charge < -0.3 is 10.1 Å². The first kappa shape index (κ1) is 22.7. The van der Waals surface area contributed by atoms with Gasteiger partial charge >= 0.3 is 0 Å². The lowest BCUT2D eigenvalue weighted by Crippen LogP contribution is -2.26. The summed E-state index contributed by atoms with van der Waals surface area (Å²) < 4.78 is 5.30. The van der Waals surface area contributed by atoms with Gasteiger partial charge in [-0.2, -0.15) is 5.26 Å². The number of ether oxygens (including phenoxy) is 1. The number of nitriles is 1. The third-order valence-corrected chi connectivity index (χ3v) is 7.16. The van der Waals surface area contributed by atoms with Crippen molar-refractivity contribution < 1.29 is 9.53 Å². The number of amides is 1. The minimum Gasteiger partial charge on any atom is -0.495 e. The molecule has 1 aromatic heterocycles. The van der Waals surface area contributed by atoms with Gasteiger partial charge in [-0.15, -0.1) is 11.3 Å². The maximum atomic E-state index is 12.6. The number of thiophene rings is 1. The van der Waals surface area contributed by atoms with Crippen LogP contribution in [0.5, 0.6) is 5.75 Å². The Morgan fingerprint density at radius 1 is 1.37 bits per heavy atom. The molecule has 0 fully saturated rings. The fraction of sp³-hybridized carbons (Fsp3) is 0.391. The molecular formula is C23H24Cl2N2O2S. The molecule has 1 aromatic carbocycles. The number of halogens is 2. The quantitative estimate of drug-likeness (QED) is 0.511. The van der Waals surface area contributed by atoms with E-state index in [0.717, 1.165) is 24.8 Å². The second kappa shape index (κ2) is 9.01. The first-order valence-electron chi connectivity index (χ1n) is 9.70. The predicted molar refractivity (Wildman–Crippen MR) is 125 cm³/mol. The summed E-state index contributed by atoms with van der Waals surface area (Å²) in [7, 11) is 1.51. The van der Waals surface area contributed by atoms with Gasteiger partial charge in [0.05, 0.1) is 17.7 Å². The van der Waals surface area contributed by atoms with Crippen molar-refractivity contribution in [3.8, 4) is 11.8 Å². The summed E-state index contributed by atoms with van der Waals surface area (Å²) in [5.41, 5.74) is 2.50. The van der Waals surface area contributed by atoms with Crippen LogP contribution in [0, 0.1) is 22.7 Å². The molecular weight excluding hydrogens is 439 g/mol. The van der Waals surface area contributed by atoms with E-state index >= 15 is 0 Å². The number of benzene rings is 1. The molecule has 0 spiro atoms. The number of hydrogen-bond donors (Lipinski definition) is 1. The van der Waals surface area contributed by atoms with Crippen LogP contribution in [0.1, 0.15) is 48.8 Å². The van der Waals surface area contributed by atoms with Crippen molar-refractivity contribution >= 4 is 51.5 Å². The average Bonchev–Trinajstić information content (AvgIpc) is 3.01. The summed E-state index contributed by atoms with van der Waals surface area (Å²) >= 11 is 13.7. The fourth-order valence-electron chi connectivity index (χ4n) is 3.77. The minimum atomic E-state index is -0.324. The number of carbonyl (C=O) groups excluding carboxylic acids is 1. The molecule has 158 valence electrons. The van der Waals surface area contributed by atoms with Gasteiger partial charge in [0.15, 0.2) is 0 Å². The Kier molecular flexibility index (Phi) is 6.81. The number of nitrogens with one attached hydrogen (secondary N) is 1. The highest BCUT2D eigenvalue weighted by atomic mass is 35.5. The molecule has 4 nitrogen and oxygen atoms in total. The molecule has 0 saturated heterocycles. The van der Waals surface area contributed by atoms with Crippen LogP contribution in [0.25, 0.3) is 6.08 Å². The Balaban J connectivity index is 1.81. The largest absolute Gasteiger partial charge is 0.495 e. The normalized spacial score (nSPS) is 16.2. The third kappa shape index (κ3) is 4.83. The topological polar surface area (TPSA) is 62.1 Å². The van der Waals surface area contributed by atoms with Gasteiger partial charge in [-0.1, -0.05) is 44.0 Å². The molecule has 1 heterocycles. The lowest BCUT2D eigenvalue weighted by molar-refractivity contribution is -0.111. The van der Waals surface area contributed by atoms with Crippen molar-refractivity contribution in [1.29, 1.82) is 5.26 Å². The monoisotopic (exact) mass is 462 g/mol. The summed E-state index contributed by atoms with van der Waals surface area (Å²) in [6, 6.07) is 5.54. The highest BCUT2D eigenvalue weighted by Crippen LogP contribution is 2.44. The smallest absolute Gasteiger partial charge is 0.249 e. The minimum absolute atomic E-state index is 0.220. The van der Waals surface area contributed by atoms with E-state index in [0.29, 0.717) is 37.8 Å². The van der Waals surface area contributed by atoms with Crippen molar-refractivity contribution in [2.45, 2.75) is 40.0 Å². The van der Waals surface area contributed by atoms with Gasteiger partial charge in [-0.3, -0.25) is 4.79 Å². The molecule has 30 heavy (non-hydrogen) atoms.